The predicted octanol–water partition coefficient (Wildman–Crippen LogP) is -1.12. The maximum Gasteiger partial charge on any atom is 0.328 e. The predicted molar refractivity (Wildman–Crippen MR) is 77.6 cm³/mol. The number of aliphatic hydroxyl groups is 3. The van der Waals surface area contributed by atoms with Crippen LogP contribution in [0.3, 0.4) is 0 Å². The molecule has 2 heterocycles. The average Bonchev–Trinajstić information content (AvgIpc) is 2.77. The van der Waals surface area contributed by atoms with Crippen molar-refractivity contribution in [1.82, 2.24) is 9.55 Å². The fourth-order valence-electron chi connectivity index (χ4n) is 2.58. The first-order valence-electron chi connectivity index (χ1n) is 7.45. The molecule has 124 valence electrons. The van der Waals surface area contributed by atoms with Crippen molar-refractivity contribution in [2.24, 2.45) is 0 Å². The van der Waals surface area contributed by atoms with Crippen molar-refractivity contribution in [3.05, 3.63) is 32.6 Å². The van der Waals surface area contributed by atoms with Crippen LogP contribution in [0.1, 0.15) is 37.9 Å². The lowest BCUT2D eigenvalue weighted by molar-refractivity contribution is -0.0233. The Hall–Kier alpha value is -1.48. The van der Waals surface area contributed by atoms with E-state index in [1.807, 2.05) is 6.92 Å². The molecule has 1 aliphatic rings. The van der Waals surface area contributed by atoms with E-state index in [1.165, 1.54) is 10.8 Å². The minimum Gasteiger partial charge on any atom is -0.394 e. The van der Waals surface area contributed by atoms with Crippen molar-refractivity contribution in [2.45, 2.75) is 57.1 Å². The quantitative estimate of drug-likeness (QED) is 0.493. The summed E-state index contributed by atoms with van der Waals surface area (Å²) in [5.41, 5.74) is -1.11. The van der Waals surface area contributed by atoms with Crippen LogP contribution in [0.2, 0.25) is 0 Å². The Morgan fingerprint density at radius 1 is 1.27 bits per heavy atom. The van der Waals surface area contributed by atoms with Gasteiger partial charge < -0.3 is 24.6 Å². The number of unbranched alkanes of at least 4 members (excludes halogenated alkanes) is 2. The fourth-order valence-corrected chi connectivity index (χ4v) is 2.58. The smallest absolute Gasteiger partial charge is 0.328 e. The first-order chi connectivity index (χ1) is 10.5. The van der Waals surface area contributed by atoms with Crippen LogP contribution in [0, 0.1) is 0 Å². The zero-order valence-corrected chi connectivity index (χ0v) is 12.4. The molecule has 0 spiro atoms. The highest BCUT2D eigenvalue weighted by atomic mass is 16.6. The lowest BCUT2D eigenvalue weighted by atomic mass is 10.0. The van der Waals surface area contributed by atoms with Gasteiger partial charge in [0.15, 0.2) is 0 Å². The second kappa shape index (κ2) is 7.19. The summed E-state index contributed by atoms with van der Waals surface area (Å²) in [6.45, 7) is 2.02. The summed E-state index contributed by atoms with van der Waals surface area (Å²) in [6.07, 6.45) is -0.549. The van der Waals surface area contributed by atoms with Crippen molar-refractivity contribution in [1.29, 1.82) is 0 Å². The molecular weight excluding hydrogens is 292 g/mol. The van der Waals surface area contributed by atoms with Crippen molar-refractivity contribution >= 4 is 0 Å². The van der Waals surface area contributed by atoms with Crippen LogP contribution >= 0.6 is 0 Å². The van der Waals surface area contributed by atoms with Crippen molar-refractivity contribution < 1.29 is 20.1 Å². The van der Waals surface area contributed by atoms with Gasteiger partial charge in [0, 0.05) is 12.7 Å². The van der Waals surface area contributed by atoms with Gasteiger partial charge in [0.05, 0.1) is 12.2 Å². The molecule has 0 saturated carbocycles. The summed E-state index contributed by atoms with van der Waals surface area (Å²) < 4.78 is 6.70. The van der Waals surface area contributed by atoms with E-state index >= 15 is 0 Å². The van der Waals surface area contributed by atoms with Gasteiger partial charge in [-0.25, -0.2) is 4.79 Å². The molecule has 0 unspecified atom stereocenters. The Balaban J connectivity index is 2.29. The highest BCUT2D eigenvalue weighted by Gasteiger charge is 2.44. The van der Waals surface area contributed by atoms with Gasteiger partial charge in [-0.15, -0.1) is 0 Å². The lowest BCUT2D eigenvalue weighted by Crippen LogP contribution is -2.36. The van der Waals surface area contributed by atoms with E-state index in [4.69, 9.17) is 9.84 Å². The molecule has 0 aliphatic carbocycles. The number of nitrogens with one attached hydrogen (secondary N) is 1. The third-order valence-electron chi connectivity index (χ3n) is 3.89. The van der Waals surface area contributed by atoms with Gasteiger partial charge in [0.2, 0.25) is 0 Å². The standard InChI is InChI=1S/C14H22N2O6/c1-2-3-4-5-16-6-8(13(20)15-14(16)21)12-11(19)10(18)9(7-17)22-12/h6,9-12,17-19H,2-5,7H2,1H3,(H,15,20,21)/t9-,10-,11-,12+/m1/s1. The molecule has 0 amide bonds. The highest BCUT2D eigenvalue weighted by molar-refractivity contribution is 5.14. The van der Waals surface area contributed by atoms with Gasteiger partial charge in [0.1, 0.15) is 24.4 Å². The normalized spacial score (nSPS) is 28.2. The monoisotopic (exact) mass is 314 g/mol. The van der Waals surface area contributed by atoms with E-state index in [2.05, 4.69) is 4.98 Å². The second-order valence-electron chi connectivity index (χ2n) is 5.50. The van der Waals surface area contributed by atoms with E-state index in [1.54, 1.807) is 0 Å². The number of aromatic nitrogens is 2. The molecule has 4 atom stereocenters. The maximum absolute atomic E-state index is 12.0. The van der Waals surface area contributed by atoms with Crippen LogP contribution in [0.5, 0.6) is 0 Å². The topological polar surface area (TPSA) is 125 Å². The van der Waals surface area contributed by atoms with Gasteiger partial charge >= 0.3 is 5.69 Å². The largest absolute Gasteiger partial charge is 0.394 e. The number of H-pyrrole nitrogens is 1. The highest BCUT2D eigenvalue weighted by Crippen LogP contribution is 2.31. The van der Waals surface area contributed by atoms with Crippen LogP contribution in [0.4, 0.5) is 0 Å². The first-order valence-corrected chi connectivity index (χ1v) is 7.45. The van der Waals surface area contributed by atoms with Crippen LogP contribution in [-0.2, 0) is 11.3 Å². The van der Waals surface area contributed by atoms with Crippen LogP contribution in [0.15, 0.2) is 15.8 Å². The van der Waals surface area contributed by atoms with E-state index in [9.17, 15) is 19.8 Å². The van der Waals surface area contributed by atoms with E-state index in [0.29, 0.717) is 6.54 Å². The summed E-state index contributed by atoms with van der Waals surface area (Å²) in [7, 11) is 0. The average molecular weight is 314 g/mol. The first kappa shape index (κ1) is 16.9. The van der Waals surface area contributed by atoms with Gasteiger partial charge in [0.25, 0.3) is 5.56 Å². The van der Waals surface area contributed by atoms with Gasteiger partial charge in [-0.2, -0.15) is 0 Å². The molecule has 2 rings (SSSR count). The van der Waals surface area contributed by atoms with Crippen LogP contribution < -0.4 is 11.2 Å². The Bertz CT molecular complexity index is 610. The zero-order chi connectivity index (χ0) is 16.3. The molecule has 22 heavy (non-hydrogen) atoms. The Morgan fingerprint density at radius 2 is 2.00 bits per heavy atom. The van der Waals surface area contributed by atoms with Gasteiger partial charge in [-0.1, -0.05) is 19.8 Å². The van der Waals surface area contributed by atoms with E-state index in [-0.39, 0.29) is 5.56 Å². The number of aryl methyl sites for hydroxylation is 1. The van der Waals surface area contributed by atoms with Crippen LogP contribution in [-0.4, -0.2) is 49.8 Å². The van der Waals surface area contributed by atoms with Crippen molar-refractivity contribution in [3.63, 3.8) is 0 Å². The molecule has 1 aromatic heterocycles. The zero-order valence-electron chi connectivity index (χ0n) is 12.4. The third-order valence-corrected chi connectivity index (χ3v) is 3.89. The summed E-state index contributed by atoms with van der Waals surface area (Å²) in [4.78, 5) is 25.9. The lowest BCUT2D eigenvalue weighted by Gasteiger charge is -2.15. The number of aromatic amines is 1. The molecule has 0 bridgehead atoms. The number of rotatable bonds is 6. The summed E-state index contributed by atoms with van der Waals surface area (Å²) in [6, 6.07) is 0. The molecule has 1 aromatic rings. The Morgan fingerprint density at radius 3 is 2.59 bits per heavy atom. The molecule has 1 saturated heterocycles. The van der Waals surface area contributed by atoms with E-state index < -0.39 is 42.3 Å². The Kier molecular flexibility index (Phi) is 5.52. The summed E-state index contributed by atoms with van der Waals surface area (Å²) in [5.74, 6) is 0. The number of aliphatic hydroxyl groups excluding tert-OH is 3. The second-order valence-corrected chi connectivity index (χ2v) is 5.50. The van der Waals surface area contributed by atoms with Gasteiger partial charge in [-0.3, -0.25) is 9.78 Å². The molecule has 8 nitrogen and oxygen atoms in total. The number of nitrogens with zero attached hydrogens (tertiary/aromatic N) is 1. The Labute approximate surface area is 127 Å². The molecule has 0 aromatic carbocycles. The van der Waals surface area contributed by atoms with Crippen molar-refractivity contribution in [2.75, 3.05) is 6.61 Å². The summed E-state index contributed by atoms with van der Waals surface area (Å²) >= 11 is 0. The molecule has 8 heteroatoms. The van der Waals surface area contributed by atoms with Crippen LogP contribution in [0.25, 0.3) is 0 Å². The molecular formula is C14H22N2O6. The minimum atomic E-state index is -1.33. The van der Waals surface area contributed by atoms with Crippen molar-refractivity contribution in [3.8, 4) is 0 Å². The number of ether oxygens (including phenoxy) is 1. The van der Waals surface area contributed by atoms with Gasteiger partial charge in [-0.05, 0) is 6.42 Å². The SMILES string of the molecule is CCCCCn1cc([C@@H]2O[C@H](CO)[C@@H](O)[C@H]2O)c(=O)[nH]c1=O. The third kappa shape index (κ3) is 3.30. The molecule has 1 aliphatic heterocycles. The maximum atomic E-state index is 12.0. The molecule has 4 N–H and O–H groups in total. The molecule has 0 radical (unpaired) electrons. The number of hydrogen-bond acceptors (Lipinski definition) is 6. The minimum absolute atomic E-state index is 0.0681. The molecule has 1 fully saturated rings. The number of hydrogen-bond donors (Lipinski definition) is 4. The summed E-state index contributed by atoms with van der Waals surface area (Å²) in [5, 5.41) is 28.8. The fraction of sp³-hybridized carbons (Fsp3) is 0.714. The van der Waals surface area contributed by atoms with E-state index in [0.717, 1.165) is 19.3 Å².